The second kappa shape index (κ2) is 9.41. The molecule has 0 saturated heterocycles. The Hall–Kier alpha value is -3.27. The Morgan fingerprint density at radius 2 is 1.89 bits per heavy atom. The van der Waals surface area contributed by atoms with Crippen LogP contribution >= 0.6 is 23.2 Å². The standard InChI is InChI=1S/C24H24Cl2N6O3/c1-13-11-27-23(24(3,4)34)29-20(13)15-6-7-17(25)18(10-15)32-14(2)28-21(19(26)22(32)33)35-12-16-8-9-31(5)30-16/h6-11,34H,12H2,1-5H3. The highest BCUT2D eigenvalue weighted by molar-refractivity contribution is 6.33. The molecule has 4 rings (SSSR count). The zero-order chi connectivity index (χ0) is 25.5. The van der Waals surface area contributed by atoms with Gasteiger partial charge in [-0.2, -0.15) is 10.1 Å². The van der Waals surface area contributed by atoms with Crippen LogP contribution in [0.3, 0.4) is 0 Å². The van der Waals surface area contributed by atoms with Crippen LogP contribution in [0.2, 0.25) is 10.0 Å². The molecular formula is C24H24Cl2N6O3. The van der Waals surface area contributed by atoms with E-state index < -0.39 is 11.2 Å². The SMILES string of the molecule is Cc1cnc(C(C)(C)O)nc1-c1ccc(Cl)c(-n2c(C)nc(OCc3ccn(C)n3)c(Cl)c2=O)c1. The third-order valence-electron chi connectivity index (χ3n) is 5.27. The molecule has 0 unspecified atom stereocenters. The van der Waals surface area contributed by atoms with E-state index in [0.29, 0.717) is 33.5 Å². The fourth-order valence-corrected chi connectivity index (χ4v) is 3.89. The van der Waals surface area contributed by atoms with Crippen LogP contribution in [0.15, 0.2) is 41.5 Å². The molecule has 0 radical (unpaired) electrons. The monoisotopic (exact) mass is 514 g/mol. The molecule has 1 aromatic carbocycles. The zero-order valence-electron chi connectivity index (χ0n) is 19.9. The highest BCUT2D eigenvalue weighted by atomic mass is 35.5. The molecule has 0 aliphatic rings. The maximum absolute atomic E-state index is 13.3. The van der Waals surface area contributed by atoms with Crippen molar-refractivity contribution in [3.05, 3.63) is 80.0 Å². The van der Waals surface area contributed by atoms with Gasteiger partial charge in [-0.25, -0.2) is 9.97 Å². The number of aliphatic hydroxyl groups is 1. The van der Waals surface area contributed by atoms with Crippen molar-refractivity contribution in [3.8, 4) is 22.8 Å². The number of rotatable bonds is 6. The minimum absolute atomic E-state index is 0.0183. The van der Waals surface area contributed by atoms with Gasteiger partial charge >= 0.3 is 0 Å². The third kappa shape index (κ3) is 5.07. The van der Waals surface area contributed by atoms with Gasteiger partial charge in [-0.3, -0.25) is 14.0 Å². The lowest BCUT2D eigenvalue weighted by Crippen LogP contribution is -2.24. The highest BCUT2D eigenvalue weighted by Gasteiger charge is 2.22. The maximum Gasteiger partial charge on any atom is 0.280 e. The van der Waals surface area contributed by atoms with Crippen molar-refractivity contribution in [2.75, 3.05) is 0 Å². The minimum atomic E-state index is -1.21. The van der Waals surface area contributed by atoms with Gasteiger partial charge < -0.3 is 9.84 Å². The summed E-state index contributed by atoms with van der Waals surface area (Å²) in [5.41, 5.74) is 1.42. The van der Waals surface area contributed by atoms with Crippen molar-refractivity contribution in [1.29, 1.82) is 0 Å². The molecule has 0 spiro atoms. The average Bonchev–Trinajstić information content (AvgIpc) is 3.21. The highest BCUT2D eigenvalue weighted by Crippen LogP contribution is 2.30. The minimum Gasteiger partial charge on any atom is -0.470 e. The molecule has 35 heavy (non-hydrogen) atoms. The molecule has 0 atom stereocenters. The van der Waals surface area contributed by atoms with Crippen molar-refractivity contribution < 1.29 is 9.84 Å². The van der Waals surface area contributed by atoms with E-state index in [4.69, 9.17) is 27.9 Å². The fourth-order valence-electron chi connectivity index (χ4n) is 3.50. The van der Waals surface area contributed by atoms with E-state index in [0.717, 1.165) is 5.56 Å². The van der Waals surface area contributed by atoms with E-state index in [-0.39, 0.29) is 23.3 Å². The van der Waals surface area contributed by atoms with Gasteiger partial charge in [0, 0.05) is 25.0 Å². The molecule has 0 fully saturated rings. The van der Waals surface area contributed by atoms with Crippen molar-refractivity contribution >= 4 is 23.2 Å². The van der Waals surface area contributed by atoms with Crippen LogP contribution in [-0.2, 0) is 19.3 Å². The number of aromatic nitrogens is 6. The molecule has 0 bridgehead atoms. The molecule has 9 nitrogen and oxygen atoms in total. The summed E-state index contributed by atoms with van der Waals surface area (Å²) >= 11 is 12.9. The fraction of sp³-hybridized carbons (Fsp3) is 0.292. The van der Waals surface area contributed by atoms with Crippen LogP contribution in [0.25, 0.3) is 16.9 Å². The molecule has 0 aliphatic carbocycles. The molecule has 3 heterocycles. The number of aryl methyl sites for hydroxylation is 3. The van der Waals surface area contributed by atoms with Crippen molar-refractivity contribution in [3.63, 3.8) is 0 Å². The molecule has 1 N–H and O–H groups in total. The first-order valence-corrected chi connectivity index (χ1v) is 11.5. The van der Waals surface area contributed by atoms with Gasteiger partial charge in [-0.15, -0.1) is 0 Å². The van der Waals surface area contributed by atoms with Crippen LogP contribution in [0.5, 0.6) is 5.88 Å². The van der Waals surface area contributed by atoms with Crippen LogP contribution in [-0.4, -0.2) is 34.4 Å². The van der Waals surface area contributed by atoms with Crippen molar-refractivity contribution in [2.45, 2.75) is 39.9 Å². The van der Waals surface area contributed by atoms with E-state index in [1.165, 1.54) is 4.57 Å². The molecule has 0 aliphatic heterocycles. The molecule has 0 amide bonds. The summed E-state index contributed by atoms with van der Waals surface area (Å²) in [4.78, 5) is 26.4. The largest absolute Gasteiger partial charge is 0.470 e. The first-order chi connectivity index (χ1) is 16.5. The summed E-state index contributed by atoms with van der Waals surface area (Å²) in [7, 11) is 1.80. The predicted octanol–water partition coefficient (Wildman–Crippen LogP) is 4.15. The molecule has 4 aromatic rings. The van der Waals surface area contributed by atoms with E-state index >= 15 is 0 Å². The quantitative estimate of drug-likeness (QED) is 0.411. The normalized spacial score (nSPS) is 11.7. The Labute approximate surface area is 212 Å². The van der Waals surface area contributed by atoms with E-state index in [1.807, 2.05) is 6.92 Å². The molecule has 182 valence electrons. The van der Waals surface area contributed by atoms with Gasteiger partial charge in [0.05, 0.1) is 22.1 Å². The summed E-state index contributed by atoms with van der Waals surface area (Å²) in [6.45, 7) is 6.87. The number of halogens is 2. The lowest BCUT2D eigenvalue weighted by Gasteiger charge is -2.18. The lowest BCUT2D eigenvalue weighted by atomic mass is 10.0. The number of benzene rings is 1. The average molecular weight is 515 g/mol. The number of hydrogen-bond donors (Lipinski definition) is 1. The predicted molar refractivity (Wildman–Crippen MR) is 133 cm³/mol. The summed E-state index contributed by atoms with van der Waals surface area (Å²) in [5, 5.41) is 14.7. The molecular weight excluding hydrogens is 491 g/mol. The third-order valence-corrected chi connectivity index (χ3v) is 5.91. The van der Waals surface area contributed by atoms with Gasteiger partial charge in [-0.05, 0) is 51.5 Å². The lowest BCUT2D eigenvalue weighted by molar-refractivity contribution is 0.0688. The topological polar surface area (TPSA) is 108 Å². The van der Waals surface area contributed by atoms with Crippen molar-refractivity contribution in [1.82, 2.24) is 29.3 Å². The van der Waals surface area contributed by atoms with Crippen molar-refractivity contribution in [2.24, 2.45) is 7.05 Å². The van der Waals surface area contributed by atoms with Crippen LogP contribution in [0.4, 0.5) is 0 Å². The van der Waals surface area contributed by atoms with Gasteiger partial charge in [0.2, 0.25) is 5.88 Å². The molecule has 3 aromatic heterocycles. The summed E-state index contributed by atoms with van der Waals surface area (Å²) in [6, 6.07) is 6.98. The first-order valence-electron chi connectivity index (χ1n) is 10.7. The molecule has 0 saturated carbocycles. The first kappa shape index (κ1) is 24.8. The Kier molecular flexibility index (Phi) is 6.68. The summed E-state index contributed by atoms with van der Waals surface area (Å²) in [5.74, 6) is 0.637. The number of hydrogen-bond acceptors (Lipinski definition) is 7. The Balaban J connectivity index is 1.76. The number of ether oxygens (including phenoxy) is 1. The molecule has 11 heteroatoms. The van der Waals surface area contributed by atoms with Gasteiger partial charge in [0.15, 0.2) is 10.8 Å². The Morgan fingerprint density at radius 1 is 1.14 bits per heavy atom. The van der Waals surface area contributed by atoms with Crippen LogP contribution in [0, 0.1) is 13.8 Å². The number of nitrogens with zero attached hydrogens (tertiary/aromatic N) is 6. The smallest absolute Gasteiger partial charge is 0.280 e. The Bertz CT molecular complexity index is 1470. The Morgan fingerprint density at radius 3 is 2.54 bits per heavy atom. The zero-order valence-corrected chi connectivity index (χ0v) is 21.4. The van der Waals surface area contributed by atoms with Gasteiger partial charge in [0.25, 0.3) is 5.56 Å². The van der Waals surface area contributed by atoms with Crippen LogP contribution in [0.1, 0.15) is 36.8 Å². The second-order valence-electron chi connectivity index (χ2n) is 8.64. The maximum atomic E-state index is 13.3. The van der Waals surface area contributed by atoms with E-state index in [2.05, 4.69) is 20.1 Å². The summed E-state index contributed by atoms with van der Waals surface area (Å²) < 4.78 is 8.64. The van der Waals surface area contributed by atoms with Gasteiger partial charge in [-0.1, -0.05) is 29.3 Å². The van der Waals surface area contributed by atoms with Gasteiger partial charge in [0.1, 0.15) is 18.0 Å². The van der Waals surface area contributed by atoms with E-state index in [1.54, 1.807) is 69.2 Å². The van der Waals surface area contributed by atoms with E-state index in [9.17, 15) is 9.90 Å². The second-order valence-corrected chi connectivity index (χ2v) is 9.42. The van der Waals surface area contributed by atoms with Crippen LogP contribution < -0.4 is 10.3 Å². The summed E-state index contributed by atoms with van der Waals surface area (Å²) in [6.07, 6.45) is 3.43.